The SMILES string of the molecule is C[C@]1(CBr)CC(C(=O)c2ccccc2)=C(c2ccccc2)O1. The number of ether oxygens (including phenoxy) is 1. The molecule has 0 fully saturated rings. The van der Waals surface area contributed by atoms with Gasteiger partial charge in [0.15, 0.2) is 5.78 Å². The first-order valence-electron chi connectivity index (χ1n) is 7.26. The van der Waals surface area contributed by atoms with E-state index in [-0.39, 0.29) is 11.4 Å². The Morgan fingerprint density at radius 3 is 2.27 bits per heavy atom. The fourth-order valence-electron chi connectivity index (χ4n) is 2.64. The molecule has 0 aliphatic carbocycles. The average molecular weight is 357 g/mol. The highest BCUT2D eigenvalue weighted by molar-refractivity contribution is 9.09. The molecule has 1 aliphatic heterocycles. The summed E-state index contributed by atoms with van der Waals surface area (Å²) in [6.07, 6.45) is 0.607. The van der Waals surface area contributed by atoms with Crippen LogP contribution in [0.5, 0.6) is 0 Å². The smallest absolute Gasteiger partial charge is 0.192 e. The molecule has 0 bridgehead atoms. The molecule has 0 saturated carbocycles. The van der Waals surface area contributed by atoms with E-state index in [4.69, 9.17) is 4.74 Å². The van der Waals surface area contributed by atoms with Crippen molar-refractivity contribution in [3.05, 3.63) is 77.4 Å². The number of hydrogen-bond acceptors (Lipinski definition) is 2. The highest BCUT2D eigenvalue weighted by atomic mass is 79.9. The normalized spacial score (nSPS) is 20.8. The summed E-state index contributed by atoms with van der Waals surface area (Å²) in [6, 6.07) is 19.2. The molecule has 0 saturated heterocycles. The Balaban J connectivity index is 2.05. The van der Waals surface area contributed by atoms with Crippen molar-refractivity contribution in [3.8, 4) is 0 Å². The van der Waals surface area contributed by atoms with Crippen LogP contribution in [0, 0.1) is 0 Å². The van der Waals surface area contributed by atoms with Crippen molar-refractivity contribution in [3.63, 3.8) is 0 Å². The zero-order valence-electron chi connectivity index (χ0n) is 12.4. The summed E-state index contributed by atoms with van der Waals surface area (Å²) >= 11 is 3.50. The van der Waals surface area contributed by atoms with E-state index >= 15 is 0 Å². The molecule has 3 heteroatoms. The fourth-order valence-corrected chi connectivity index (χ4v) is 2.96. The van der Waals surface area contributed by atoms with Gasteiger partial charge in [0.2, 0.25) is 0 Å². The molecule has 0 spiro atoms. The van der Waals surface area contributed by atoms with Crippen LogP contribution in [-0.4, -0.2) is 16.7 Å². The van der Waals surface area contributed by atoms with E-state index in [1.807, 2.05) is 67.6 Å². The van der Waals surface area contributed by atoms with Gasteiger partial charge in [-0.25, -0.2) is 0 Å². The van der Waals surface area contributed by atoms with Gasteiger partial charge < -0.3 is 4.74 Å². The van der Waals surface area contributed by atoms with Gasteiger partial charge in [-0.3, -0.25) is 4.79 Å². The largest absolute Gasteiger partial charge is 0.485 e. The molecule has 3 rings (SSSR count). The summed E-state index contributed by atoms with van der Waals surface area (Å²) < 4.78 is 6.15. The minimum Gasteiger partial charge on any atom is -0.485 e. The van der Waals surface area contributed by atoms with Gasteiger partial charge in [0.05, 0.1) is 0 Å². The third kappa shape index (κ3) is 2.86. The number of benzene rings is 2. The van der Waals surface area contributed by atoms with Crippen LogP contribution in [-0.2, 0) is 4.74 Å². The molecule has 0 radical (unpaired) electrons. The Labute approximate surface area is 138 Å². The Hall–Kier alpha value is -1.87. The number of Topliss-reactive ketones (excluding diaryl/α,β-unsaturated/α-hetero) is 1. The van der Waals surface area contributed by atoms with E-state index in [9.17, 15) is 4.79 Å². The van der Waals surface area contributed by atoms with E-state index < -0.39 is 0 Å². The minimum absolute atomic E-state index is 0.0455. The summed E-state index contributed by atoms with van der Waals surface area (Å²) in [5, 5.41) is 0.682. The topological polar surface area (TPSA) is 26.3 Å². The second kappa shape index (κ2) is 6.09. The molecule has 22 heavy (non-hydrogen) atoms. The van der Waals surface area contributed by atoms with E-state index in [0.29, 0.717) is 23.1 Å². The predicted molar refractivity (Wildman–Crippen MR) is 92.0 cm³/mol. The highest BCUT2D eigenvalue weighted by Gasteiger charge is 2.39. The first-order valence-corrected chi connectivity index (χ1v) is 8.38. The predicted octanol–water partition coefficient (Wildman–Crippen LogP) is 4.85. The molecule has 0 aromatic heterocycles. The van der Waals surface area contributed by atoms with Gasteiger partial charge in [-0.2, -0.15) is 0 Å². The quantitative estimate of drug-likeness (QED) is 0.577. The second-order valence-electron chi connectivity index (χ2n) is 5.73. The molecule has 1 atom stereocenters. The lowest BCUT2D eigenvalue weighted by molar-refractivity contribution is 0.0987. The van der Waals surface area contributed by atoms with Crippen molar-refractivity contribution >= 4 is 27.5 Å². The summed E-state index contributed by atoms with van der Waals surface area (Å²) in [5.41, 5.74) is 2.02. The first-order chi connectivity index (χ1) is 10.6. The lowest BCUT2D eigenvalue weighted by Gasteiger charge is -2.22. The van der Waals surface area contributed by atoms with E-state index in [1.165, 1.54) is 0 Å². The summed E-state index contributed by atoms with van der Waals surface area (Å²) in [6.45, 7) is 2.02. The highest BCUT2D eigenvalue weighted by Crippen LogP contribution is 2.41. The van der Waals surface area contributed by atoms with Crippen LogP contribution < -0.4 is 0 Å². The Bertz CT molecular complexity index is 707. The maximum Gasteiger partial charge on any atom is 0.192 e. The van der Waals surface area contributed by atoms with Crippen LogP contribution in [0.1, 0.15) is 29.3 Å². The number of ketones is 1. The van der Waals surface area contributed by atoms with Gasteiger partial charge in [0.25, 0.3) is 0 Å². The molecule has 0 N–H and O–H groups in total. The van der Waals surface area contributed by atoms with Gasteiger partial charge in [-0.05, 0) is 6.92 Å². The molecular formula is C19H17BrO2. The van der Waals surface area contributed by atoms with E-state index in [2.05, 4.69) is 15.9 Å². The molecule has 2 nitrogen and oxygen atoms in total. The van der Waals surface area contributed by atoms with Crippen LogP contribution in [0.2, 0.25) is 0 Å². The number of halogens is 1. The molecule has 1 aliphatic rings. The second-order valence-corrected chi connectivity index (χ2v) is 6.29. The van der Waals surface area contributed by atoms with Crippen molar-refractivity contribution in [1.82, 2.24) is 0 Å². The molecule has 1 heterocycles. The van der Waals surface area contributed by atoms with Crippen molar-refractivity contribution in [1.29, 1.82) is 0 Å². The molecule has 2 aromatic carbocycles. The molecule has 0 unspecified atom stereocenters. The maximum absolute atomic E-state index is 12.9. The zero-order valence-corrected chi connectivity index (χ0v) is 14.0. The van der Waals surface area contributed by atoms with Gasteiger partial charge in [-0.15, -0.1) is 0 Å². The van der Waals surface area contributed by atoms with Crippen LogP contribution in [0.3, 0.4) is 0 Å². The third-order valence-electron chi connectivity index (χ3n) is 3.80. The van der Waals surface area contributed by atoms with Crippen molar-refractivity contribution < 1.29 is 9.53 Å². The number of alkyl halides is 1. The van der Waals surface area contributed by atoms with Crippen molar-refractivity contribution in [2.45, 2.75) is 18.9 Å². The summed E-state index contributed by atoms with van der Waals surface area (Å²) in [4.78, 5) is 12.9. The van der Waals surface area contributed by atoms with E-state index in [1.54, 1.807) is 0 Å². The third-order valence-corrected chi connectivity index (χ3v) is 4.99. The van der Waals surface area contributed by atoms with E-state index in [0.717, 1.165) is 11.1 Å². The maximum atomic E-state index is 12.9. The number of carbonyl (C=O) groups is 1. The van der Waals surface area contributed by atoms with Crippen LogP contribution in [0.15, 0.2) is 66.2 Å². The van der Waals surface area contributed by atoms with Crippen LogP contribution >= 0.6 is 15.9 Å². The zero-order chi connectivity index (χ0) is 15.6. The van der Waals surface area contributed by atoms with Crippen LogP contribution in [0.4, 0.5) is 0 Å². The number of carbonyl (C=O) groups excluding carboxylic acids is 1. The van der Waals surface area contributed by atoms with Crippen molar-refractivity contribution in [2.75, 3.05) is 5.33 Å². The van der Waals surface area contributed by atoms with Gasteiger partial charge in [0, 0.05) is 28.5 Å². The van der Waals surface area contributed by atoms with Gasteiger partial charge >= 0.3 is 0 Å². The fraction of sp³-hybridized carbons (Fsp3) is 0.211. The molecule has 2 aromatic rings. The molecule has 112 valence electrons. The Morgan fingerprint density at radius 1 is 1.09 bits per heavy atom. The van der Waals surface area contributed by atoms with Crippen LogP contribution in [0.25, 0.3) is 5.76 Å². The summed E-state index contributed by atoms with van der Waals surface area (Å²) in [7, 11) is 0. The first kappa shape index (κ1) is 15.0. The summed E-state index contributed by atoms with van der Waals surface area (Å²) in [5.74, 6) is 0.750. The van der Waals surface area contributed by atoms with Gasteiger partial charge in [0.1, 0.15) is 11.4 Å². The monoisotopic (exact) mass is 356 g/mol. The lowest BCUT2D eigenvalue weighted by atomic mass is 9.93. The standard InChI is InChI=1S/C19H17BrO2/c1-19(13-20)12-16(17(21)14-8-4-2-5-9-14)18(22-19)15-10-6-3-7-11-15/h2-11H,12-13H2,1H3/t19-/m1/s1. The average Bonchev–Trinajstić information content (AvgIpc) is 2.94. The minimum atomic E-state index is -0.384. The lowest BCUT2D eigenvalue weighted by Crippen LogP contribution is -2.26. The van der Waals surface area contributed by atoms with Gasteiger partial charge in [-0.1, -0.05) is 76.6 Å². The number of hydrogen-bond donors (Lipinski definition) is 0. The number of rotatable bonds is 4. The Morgan fingerprint density at radius 2 is 1.68 bits per heavy atom. The molecule has 0 amide bonds. The van der Waals surface area contributed by atoms with Crippen molar-refractivity contribution in [2.24, 2.45) is 0 Å². The Kier molecular flexibility index (Phi) is 4.16. The molecular weight excluding hydrogens is 340 g/mol.